The van der Waals surface area contributed by atoms with Gasteiger partial charge in [-0.1, -0.05) is 6.92 Å². The summed E-state index contributed by atoms with van der Waals surface area (Å²) in [6.07, 6.45) is 5.28. The summed E-state index contributed by atoms with van der Waals surface area (Å²) < 4.78 is 10.5. The first-order valence-electron chi connectivity index (χ1n) is 5.60. The van der Waals surface area contributed by atoms with Gasteiger partial charge in [-0.25, -0.2) is 0 Å². The van der Waals surface area contributed by atoms with E-state index in [9.17, 15) is 0 Å². The predicted molar refractivity (Wildman–Crippen MR) is 63.4 cm³/mol. The van der Waals surface area contributed by atoms with E-state index in [1.54, 1.807) is 19.5 Å². The molecule has 2 N–H and O–H groups in total. The molecule has 0 bridgehead atoms. The molecule has 0 saturated carbocycles. The Morgan fingerprint density at radius 2 is 2.19 bits per heavy atom. The summed E-state index contributed by atoms with van der Waals surface area (Å²) in [5, 5.41) is 0. The number of methoxy groups -OCH3 is 1. The normalized spacial score (nSPS) is 12.4. The van der Waals surface area contributed by atoms with Crippen LogP contribution in [-0.4, -0.2) is 25.3 Å². The minimum absolute atomic E-state index is 0.0422. The van der Waals surface area contributed by atoms with Crippen LogP contribution in [0.15, 0.2) is 18.5 Å². The Balaban J connectivity index is 2.42. The number of aromatic nitrogens is 1. The molecule has 1 aromatic rings. The van der Waals surface area contributed by atoms with Crippen LogP contribution in [0.3, 0.4) is 0 Å². The summed E-state index contributed by atoms with van der Waals surface area (Å²) in [4.78, 5) is 4.08. The highest BCUT2D eigenvalue weighted by molar-refractivity contribution is 5.25. The van der Waals surface area contributed by atoms with Crippen LogP contribution in [0.1, 0.15) is 31.4 Å². The Labute approximate surface area is 96.8 Å². The lowest BCUT2D eigenvalue weighted by Crippen LogP contribution is -2.13. The Morgan fingerprint density at radius 3 is 2.88 bits per heavy atom. The molecule has 1 atom stereocenters. The molecular formula is C12H20N2O2. The van der Waals surface area contributed by atoms with Gasteiger partial charge in [-0.15, -0.1) is 0 Å². The molecule has 0 amide bonds. The van der Waals surface area contributed by atoms with Crippen molar-refractivity contribution in [1.29, 1.82) is 0 Å². The highest BCUT2D eigenvalue weighted by Gasteiger charge is 2.07. The highest BCUT2D eigenvalue weighted by atomic mass is 16.5. The maximum absolute atomic E-state index is 6.03. The van der Waals surface area contributed by atoms with Crippen molar-refractivity contribution < 1.29 is 9.47 Å². The molecule has 4 heteroatoms. The largest absolute Gasteiger partial charge is 0.495 e. The first-order valence-corrected chi connectivity index (χ1v) is 5.60. The second-order valence-corrected chi connectivity index (χ2v) is 3.67. The summed E-state index contributed by atoms with van der Waals surface area (Å²) in [6, 6.07) is 1.87. The SMILES string of the molecule is CCCOCCC(N)c1cncc(OC)c1. The zero-order valence-electron chi connectivity index (χ0n) is 9.98. The second-order valence-electron chi connectivity index (χ2n) is 3.67. The lowest BCUT2D eigenvalue weighted by Gasteiger charge is -2.12. The second kappa shape index (κ2) is 7.19. The molecule has 1 aromatic heterocycles. The minimum atomic E-state index is -0.0422. The number of pyridine rings is 1. The van der Waals surface area contributed by atoms with Crippen molar-refractivity contribution in [1.82, 2.24) is 4.98 Å². The fraction of sp³-hybridized carbons (Fsp3) is 0.583. The number of hydrogen-bond donors (Lipinski definition) is 1. The van der Waals surface area contributed by atoms with Crippen molar-refractivity contribution in [3.8, 4) is 5.75 Å². The molecular weight excluding hydrogens is 204 g/mol. The molecule has 1 heterocycles. The van der Waals surface area contributed by atoms with Gasteiger partial charge >= 0.3 is 0 Å². The Morgan fingerprint density at radius 1 is 1.38 bits per heavy atom. The Kier molecular flexibility index (Phi) is 5.82. The highest BCUT2D eigenvalue weighted by Crippen LogP contribution is 2.17. The average Bonchev–Trinajstić information content (AvgIpc) is 2.34. The van der Waals surface area contributed by atoms with Gasteiger partial charge in [0, 0.05) is 25.5 Å². The van der Waals surface area contributed by atoms with E-state index < -0.39 is 0 Å². The lowest BCUT2D eigenvalue weighted by molar-refractivity contribution is 0.127. The maximum atomic E-state index is 6.03. The minimum Gasteiger partial charge on any atom is -0.495 e. The van der Waals surface area contributed by atoms with Crippen molar-refractivity contribution >= 4 is 0 Å². The average molecular weight is 224 g/mol. The molecule has 1 unspecified atom stereocenters. The number of nitrogens with zero attached hydrogens (tertiary/aromatic N) is 1. The number of nitrogens with two attached hydrogens (primary N) is 1. The van der Waals surface area contributed by atoms with Crippen LogP contribution in [0.4, 0.5) is 0 Å². The summed E-state index contributed by atoms with van der Waals surface area (Å²) in [6.45, 7) is 3.57. The van der Waals surface area contributed by atoms with E-state index in [2.05, 4.69) is 11.9 Å². The molecule has 0 aliphatic rings. The third-order valence-corrected chi connectivity index (χ3v) is 2.32. The van der Waals surface area contributed by atoms with Crippen molar-refractivity contribution in [3.63, 3.8) is 0 Å². The predicted octanol–water partition coefficient (Wildman–Crippen LogP) is 1.91. The number of rotatable bonds is 7. The van der Waals surface area contributed by atoms with Crippen LogP contribution in [0.2, 0.25) is 0 Å². The Bertz CT molecular complexity index is 305. The van der Waals surface area contributed by atoms with E-state index in [1.165, 1.54) is 0 Å². The summed E-state index contributed by atoms with van der Waals surface area (Å²) >= 11 is 0. The van der Waals surface area contributed by atoms with Crippen molar-refractivity contribution in [2.75, 3.05) is 20.3 Å². The topological polar surface area (TPSA) is 57.4 Å². The quantitative estimate of drug-likeness (QED) is 0.719. The van der Waals surface area contributed by atoms with E-state index in [0.717, 1.165) is 30.8 Å². The monoisotopic (exact) mass is 224 g/mol. The van der Waals surface area contributed by atoms with Crippen LogP contribution < -0.4 is 10.5 Å². The molecule has 16 heavy (non-hydrogen) atoms. The maximum Gasteiger partial charge on any atom is 0.137 e. The molecule has 1 rings (SSSR count). The van der Waals surface area contributed by atoms with Crippen molar-refractivity contribution in [3.05, 3.63) is 24.0 Å². The van der Waals surface area contributed by atoms with Crippen molar-refractivity contribution in [2.45, 2.75) is 25.8 Å². The zero-order chi connectivity index (χ0) is 11.8. The summed E-state index contributed by atoms with van der Waals surface area (Å²) in [5.41, 5.74) is 7.01. The number of ether oxygens (including phenoxy) is 2. The van der Waals surface area contributed by atoms with Crippen LogP contribution >= 0.6 is 0 Å². The van der Waals surface area contributed by atoms with E-state index in [1.807, 2.05) is 6.07 Å². The van der Waals surface area contributed by atoms with Gasteiger partial charge in [-0.2, -0.15) is 0 Å². The molecule has 0 fully saturated rings. The van der Waals surface area contributed by atoms with Gasteiger partial charge in [-0.05, 0) is 24.5 Å². The van der Waals surface area contributed by atoms with Gasteiger partial charge in [-0.3, -0.25) is 4.98 Å². The number of hydrogen-bond acceptors (Lipinski definition) is 4. The molecule has 0 radical (unpaired) electrons. The fourth-order valence-electron chi connectivity index (χ4n) is 1.37. The fourth-order valence-corrected chi connectivity index (χ4v) is 1.37. The van der Waals surface area contributed by atoms with Gasteiger partial charge in [0.2, 0.25) is 0 Å². The van der Waals surface area contributed by atoms with Crippen LogP contribution in [-0.2, 0) is 4.74 Å². The van der Waals surface area contributed by atoms with E-state index >= 15 is 0 Å². The molecule has 0 aromatic carbocycles. The van der Waals surface area contributed by atoms with Crippen molar-refractivity contribution in [2.24, 2.45) is 5.73 Å². The molecule has 0 aliphatic heterocycles. The molecule has 0 spiro atoms. The van der Waals surface area contributed by atoms with Gasteiger partial charge in [0.15, 0.2) is 0 Å². The standard InChI is InChI=1S/C12H20N2O2/c1-3-5-16-6-4-12(13)10-7-11(15-2)9-14-8-10/h7-9,12H,3-6,13H2,1-2H3. The molecule has 4 nitrogen and oxygen atoms in total. The smallest absolute Gasteiger partial charge is 0.137 e. The zero-order valence-corrected chi connectivity index (χ0v) is 9.98. The molecule has 0 saturated heterocycles. The van der Waals surface area contributed by atoms with Gasteiger partial charge in [0.25, 0.3) is 0 Å². The van der Waals surface area contributed by atoms with Crippen LogP contribution in [0, 0.1) is 0 Å². The van der Waals surface area contributed by atoms with E-state index in [-0.39, 0.29) is 6.04 Å². The van der Waals surface area contributed by atoms with Crippen LogP contribution in [0.25, 0.3) is 0 Å². The lowest BCUT2D eigenvalue weighted by atomic mass is 10.1. The van der Waals surface area contributed by atoms with Crippen LogP contribution in [0.5, 0.6) is 5.75 Å². The Hall–Kier alpha value is -1.13. The summed E-state index contributed by atoms with van der Waals surface area (Å²) in [5.74, 6) is 0.738. The molecule has 0 aliphatic carbocycles. The molecule has 90 valence electrons. The van der Waals surface area contributed by atoms with E-state index in [0.29, 0.717) is 6.61 Å². The third kappa shape index (κ3) is 4.16. The third-order valence-electron chi connectivity index (χ3n) is 2.32. The summed E-state index contributed by atoms with van der Waals surface area (Å²) in [7, 11) is 1.62. The van der Waals surface area contributed by atoms with E-state index in [4.69, 9.17) is 15.2 Å². The first-order chi connectivity index (χ1) is 7.77. The van der Waals surface area contributed by atoms with Gasteiger partial charge in [0.05, 0.1) is 13.3 Å². The van der Waals surface area contributed by atoms with Gasteiger partial charge in [0.1, 0.15) is 5.75 Å². The van der Waals surface area contributed by atoms with Gasteiger partial charge < -0.3 is 15.2 Å². The first kappa shape index (κ1) is 12.9.